The molecule has 1 heterocycles. The molecule has 0 bridgehead atoms. The predicted molar refractivity (Wildman–Crippen MR) is 92.8 cm³/mol. The first kappa shape index (κ1) is 17.0. The molecule has 0 aromatic heterocycles. The minimum absolute atomic E-state index is 0.0991. The van der Waals surface area contributed by atoms with Crippen molar-refractivity contribution in [3.63, 3.8) is 0 Å². The van der Waals surface area contributed by atoms with Gasteiger partial charge in [0.15, 0.2) is 0 Å². The average molecular weight is 381 g/mol. The molecule has 3 rings (SSSR count). The molecule has 0 N–H and O–H groups in total. The van der Waals surface area contributed by atoms with Crippen molar-refractivity contribution in [2.45, 2.75) is 64.8 Å². The van der Waals surface area contributed by atoms with Crippen molar-refractivity contribution in [2.75, 3.05) is 0 Å². The second kappa shape index (κ2) is 5.61. The number of hydrogen-bond acceptors (Lipinski definition) is 4. The molecule has 1 saturated heterocycles. The molecule has 6 heteroatoms. The molecule has 23 heavy (non-hydrogen) atoms. The van der Waals surface area contributed by atoms with Crippen LogP contribution in [0.5, 0.6) is 0 Å². The molecule has 1 aliphatic heterocycles. The Morgan fingerprint density at radius 2 is 1.83 bits per heavy atom. The zero-order valence-corrected chi connectivity index (χ0v) is 15.8. The molecule has 0 saturated carbocycles. The maximum Gasteiger partial charge on any atom is 0.495 e. The summed E-state index contributed by atoms with van der Waals surface area (Å²) in [5.74, 6) is -0.237. The Bertz CT molecular complexity index is 640. The van der Waals surface area contributed by atoms with E-state index in [1.165, 1.54) is 18.1 Å². The van der Waals surface area contributed by atoms with Crippen LogP contribution in [0.15, 0.2) is 16.6 Å². The van der Waals surface area contributed by atoms with E-state index in [4.69, 9.17) is 14.0 Å². The van der Waals surface area contributed by atoms with Gasteiger partial charge in [-0.05, 0) is 56.4 Å². The van der Waals surface area contributed by atoms with E-state index < -0.39 is 7.12 Å². The van der Waals surface area contributed by atoms with Gasteiger partial charge in [0.25, 0.3) is 0 Å². The van der Waals surface area contributed by atoms with Gasteiger partial charge in [-0.25, -0.2) is 0 Å². The van der Waals surface area contributed by atoms with Gasteiger partial charge in [0, 0.05) is 24.2 Å². The summed E-state index contributed by atoms with van der Waals surface area (Å²) in [6.45, 7) is 9.65. The van der Waals surface area contributed by atoms with Crippen LogP contribution in [0.4, 0.5) is 0 Å². The molecular formula is C17H22BBrO4. The SMILES string of the molecule is CC(=O)OC1Cc2cc(Br)cc(B3OC(C)(C)C(C)(C)O3)c2C1. The van der Waals surface area contributed by atoms with E-state index in [2.05, 4.69) is 28.1 Å². The number of ether oxygens (including phenoxy) is 1. The number of esters is 1. The fraction of sp³-hybridized carbons (Fsp3) is 0.588. The molecule has 1 aliphatic carbocycles. The van der Waals surface area contributed by atoms with Crippen LogP contribution in [-0.4, -0.2) is 30.4 Å². The molecule has 1 fully saturated rings. The summed E-state index contributed by atoms with van der Waals surface area (Å²) in [5.41, 5.74) is 2.65. The van der Waals surface area contributed by atoms with Crippen molar-refractivity contribution in [3.8, 4) is 0 Å². The lowest BCUT2D eigenvalue weighted by Crippen LogP contribution is -2.41. The number of carbonyl (C=O) groups is 1. The lowest BCUT2D eigenvalue weighted by atomic mass is 9.75. The van der Waals surface area contributed by atoms with Gasteiger partial charge in [-0.1, -0.05) is 15.9 Å². The Hall–Kier alpha value is -0.845. The van der Waals surface area contributed by atoms with Gasteiger partial charge in [-0.3, -0.25) is 4.79 Å². The van der Waals surface area contributed by atoms with Crippen molar-refractivity contribution >= 4 is 34.5 Å². The highest BCUT2D eigenvalue weighted by Crippen LogP contribution is 2.38. The molecule has 1 aromatic rings. The highest BCUT2D eigenvalue weighted by Gasteiger charge is 2.52. The second-order valence-electron chi connectivity index (χ2n) is 7.36. The third-order valence-electron chi connectivity index (χ3n) is 5.06. The summed E-state index contributed by atoms with van der Waals surface area (Å²) in [7, 11) is -0.401. The third-order valence-corrected chi connectivity index (χ3v) is 5.52. The van der Waals surface area contributed by atoms with Gasteiger partial charge >= 0.3 is 13.1 Å². The molecule has 0 spiro atoms. The van der Waals surface area contributed by atoms with E-state index >= 15 is 0 Å². The zero-order valence-electron chi connectivity index (χ0n) is 14.2. The number of rotatable bonds is 2. The van der Waals surface area contributed by atoms with E-state index in [-0.39, 0.29) is 23.3 Å². The third kappa shape index (κ3) is 3.09. The van der Waals surface area contributed by atoms with Gasteiger partial charge in [-0.15, -0.1) is 0 Å². The summed E-state index contributed by atoms with van der Waals surface area (Å²) in [6, 6.07) is 4.14. The quantitative estimate of drug-likeness (QED) is 0.584. The lowest BCUT2D eigenvalue weighted by Gasteiger charge is -2.32. The largest absolute Gasteiger partial charge is 0.495 e. The van der Waals surface area contributed by atoms with Gasteiger partial charge in [0.05, 0.1) is 11.2 Å². The first-order valence-corrected chi connectivity index (χ1v) is 8.72. The molecule has 1 unspecified atom stereocenters. The minimum atomic E-state index is -0.401. The molecule has 124 valence electrons. The Kier molecular flexibility index (Phi) is 4.14. The van der Waals surface area contributed by atoms with Gasteiger partial charge in [-0.2, -0.15) is 0 Å². The van der Waals surface area contributed by atoms with E-state index in [1.54, 1.807) is 0 Å². The maximum atomic E-state index is 11.2. The fourth-order valence-corrected chi connectivity index (χ4v) is 3.71. The van der Waals surface area contributed by atoms with Crippen LogP contribution in [-0.2, 0) is 31.7 Å². The van der Waals surface area contributed by atoms with Crippen LogP contribution in [0.1, 0.15) is 45.7 Å². The topological polar surface area (TPSA) is 44.8 Å². The summed E-state index contributed by atoms with van der Waals surface area (Å²) in [4.78, 5) is 11.2. The van der Waals surface area contributed by atoms with Crippen LogP contribution in [0.2, 0.25) is 0 Å². The number of halogens is 1. The minimum Gasteiger partial charge on any atom is -0.462 e. The van der Waals surface area contributed by atoms with Crippen molar-refractivity contribution in [3.05, 3.63) is 27.7 Å². The monoisotopic (exact) mass is 380 g/mol. The highest BCUT2D eigenvalue weighted by atomic mass is 79.9. The second-order valence-corrected chi connectivity index (χ2v) is 8.28. The Labute approximate surface area is 146 Å². The smallest absolute Gasteiger partial charge is 0.462 e. The standard InChI is InChI=1S/C17H22BBrO4/c1-10(20)21-13-7-11-6-12(19)8-15(14(11)9-13)18-22-16(2,3)17(4,5)23-18/h6,8,13H,7,9H2,1-5H3. The Morgan fingerprint density at radius 1 is 1.22 bits per heavy atom. The first-order valence-electron chi connectivity index (χ1n) is 7.93. The lowest BCUT2D eigenvalue weighted by molar-refractivity contribution is -0.145. The van der Waals surface area contributed by atoms with Crippen molar-refractivity contribution in [1.82, 2.24) is 0 Å². The zero-order chi connectivity index (χ0) is 17.0. The van der Waals surface area contributed by atoms with Gasteiger partial charge < -0.3 is 14.0 Å². The van der Waals surface area contributed by atoms with Crippen LogP contribution in [0.3, 0.4) is 0 Å². The molecule has 0 radical (unpaired) electrons. The first-order chi connectivity index (χ1) is 10.6. The predicted octanol–water partition coefficient (Wildman–Crippen LogP) is 2.78. The summed E-state index contributed by atoms with van der Waals surface area (Å²) >= 11 is 3.57. The highest BCUT2D eigenvalue weighted by molar-refractivity contribution is 9.10. The van der Waals surface area contributed by atoms with Crippen LogP contribution < -0.4 is 5.46 Å². The Balaban J connectivity index is 1.93. The number of benzene rings is 1. The van der Waals surface area contributed by atoms with Gasteiger partial charge in [0.1, 0.15) is 6.10 Å². The van der Waals surface area contributed by atoms with Crippen LogP contribution in [0.25, 0.3) is 0 Å². The average Bonchev–Trinajstić information content (AvgIpc) is 2.85. The van der Waals surface area contributed by atoms with Gasteiger partial charge in [0.2, 0.25) is 0 Å². The number of hydrogen-bond donors (Lipinski definition) is 0. The van der Waals surface area contributed by atoms with Crippen molar-refractivity contribution in [1.29, 1.82) is 0 Å². The van der Waals surface area contributed by atoms with Crippen LogP contribution in [0, 0.1) is 0 Å². The molecule has 0 amide bonds. The summed E-state index contributed by atoms with van der Waals surface area (Å²) < 4.78 is 18.8. The molecular weight excluding hydrogens is 359 g/mol. The van der Waals surface area contributed by atoms with E-state index in [1.807, 2.05) is 27.7 Å². The van der Waals surface area contributed by atoms with Crippen LogP contribution >= 0.6 is 15.9 Å². The van der Waals surface area contributed by atoms with Crippen molar-refractivity contribution in [2.24, 2.45) is 0 Å². The number of fused-ring (bicyclic) bond motifs is 1. The van der Waals surface area contributed by atoms with E-state index in [0.29, 0.717) is 6.42 Å². The molecule has 2 aliphatic rings. The van der Waals surface area contributed by atoms with Crippen molar-refractivity contribution < 1.29 is 18.8 Å². The Morgan fingerprint density at radius 3 is 2.39 bits per heavy atom. The summed E-state index contributed by atoms with van der Waals surface area (Å²) in [5, 5.41) is 0. The molecule has 1 atom stereocenters. The molecule has 1 aromatic carbocycles. The fourth-order valence-electron chi connectivity index (χ4n) is 3.19. The maximum absolute atomic E-state index is 11.2. The molecule has 4 nitrogen and oxygen atoms in total. The normalized spacial score (nSPS) is 24.6. The van der Waals surface area contributed by atoms with E-state index in [9.17, 15) is 4.79 Å². The van der Waals surface area contributed by atoms with E-state index in [0.717, 1.165) is 16.4 Å². The number of carbonyl (C=O) groups excluding carboxylic acids is 1. The summed E-state index contributed by atoms with van der Waals surface area (Å²) in [6.07, 6.45) is 1.35.